The number of hydrogen-bond donors (Lipinski definition) is 0. The molecule has 0 bridgehead atoms. The van der Waals surface area contributed by atoms with Gasteiger partial charge in [0.15, 0.2) is 0 Å². The van der Waals surface area contributed by atoms with Gasteiger partial charge in [-0.2, -0.15) is 4.31 Å². The third-order valence-electron chi connectivity index (χ3n) is 5.12. The van der Waals surface area contributed by atoms with Crippen molar-refractivity contribution in [2.45, 2.75) is 76.8 Å². The van der Waals surface area contributed by atoms with Gasteiger partial charge < -0.3 is 4.90 Å². The zero-order valence-corrected chi connectivity index (χ0v) is 14.8. The van der Waals surface area contributed by atoms with Crippen LogP contribution in [0.25, 0.3) is 0 Å². The largest absolute Gasteiger partial charge is 0.340 e. The summed E-state index contributed by atoms with van der Waals surface area (Å²) in [5, 5.41) is 0. The van der Waals surface area contributed by atoms with Gasteiger partial charge in [0.1, 0.15) is 0 Å². The molecule has 1 saturated carbocycles. The summed E-state index contributed by atoms with van der Waals surface area (Å²) in [5.74, 6) is 0.123. The third-order valence-corrected chi connectivity index (χ3v) is 6.46. The molecule has 1 saturated heterocycles. The summed E-state index contributed by atoms with van der Waals surface area (Å²) in [6.07, 6.45) is 9.98. The van der Waals surface area contributed by atoms with Crippen molar-refractivity contribution in [3.63, 3.8) is 0 Å². The highest BCUT2D eigenvalue weighted by atomic mass is 32.2. The minimum atomic E-state index is -3.23. The van der Waals surface area contributed by atoms with Gasteiger partial charge in [0.25, 0.3) is 0 Å². The van der Waals surface area contributed by atoms with E-state index in [-0.39, 0.29) is 11.9 Å². The van der Waals surface area contributed by atoms with Crippen LogP contribution in [-0.2, 0) is 14.8 Å². The fraction of sp³-hybridized carbons (Fsp3) is 0.938. The number of hydrogen-bond acceptors (Lipinski definition) is 3. The Balaban J connectivity index is 1.94. The summed E-state index contributed by atoms with van der Waals surface area (Å²) < 4.78 is 25.6. The zero-order valence-electron chi connectivity index (χ0n) is 14.0. The maximum atomic E-state index is 12.5. The van der Waals surface area contributed by atoms with E-state index in [2.05, 4.69) is 6.92 Å². The van der Waals surface area contributed by atoms with Crippen molar-refractivity contribution < 1.29 is 13.2 Å². The number of carbonyl (C=O) groups excluding carboxylic acids is 1. The van der Waals surface area contributed by atoms with Crippen LogP contribution in [0.3, 0.4) is 0 Å². The monoisotopic (exact) mass is 330 g/mol. The Hall–Kier alpha value is -0.620. The smallest absolute Gasteiger partial charge is 0.224 e. The molecule has 0 radical (unpaired) electrons. The lowest BCUT2D eigenvalue weighted by atomic mass is 9.99. The first kappa shape index (κ1) is 17.7. The molecule has 5 nitrogen and oxygen atoms in total. The quantitative estimate of drug-likeness (QED) is 0.751. The molecule has 1 heterocycles. The maximum Gasteiger partial charge on any atom is 0.224 e. The summed E-state index contributed by atoms with van der Waals surface area (Å²) in [4.78, 5) is 14.5. The SMILES string of the molecule is CCC1CCCCN1C(=O)CCN(C1CCCC1)S(C)(=O)=O. The first-order chi connectivity index (χ1) is 10.4. The Labute approximate surface area is 135 Å². The molecule has 0 N–H and O–H groups in total. The Morgan fingerprint density at radius 1 is 1.14 bits per heavy atom. The van der Waals surface area contributed by atoms with Crippen LogP contribution in [0.5, 0.6) is 0 Å². The molecule has 0 aromatic heterocycles. The van der Waals surface area contributed by atoms with Crippen molar-refractivity contribution in [3.8, 4) is 0 Å². The van der Waals surface area contributed by atoms with Crippen LogP contribution in [0.15, 0.2) is 0 Å². The van der Waals surface area contributed by atoms with Crippen LogP contribution in [0, 0.1) is 0 Å². The molecule has 6 heteroatoms. The highest BCUT2D eigenvalue weighted by Gasteiger charge is 2.31. The summed E-state index contributed by atoms with van der Waals surface area (Å²) in [6, 6.07) is 0.450. The lowest BCUT2D eigenvalue weighted by Gasteiger charge is -2.36. The van der Waals surface area contributed by atoms with Gasteiger partial charge in [-0.3, -0.25) is 4.79 Å². The van der Waals surface area contributed by atoms with E-state index < -0.39 is 10.0 Å². The molecule has 22 heavy (non-hydrogen) atoms. The second kappa shape index (κ2) is 7.77. The van der Waals surface area contributed by atoms with Gasteiger partial charge in [0, 0.05) is 31.6 Å². The number of amides is 1. The summed E-state index contributed by atoms with van der Waals surface area (Å²) in [6.45, 7) is 3.30. The lowest BCUT2D eigenvalue weighted by Crippen LogP contribution is -2.46. The Morgan fingerprint density at radius 3 is 2.36 bits per heavy atom. The van der Waals surface area contributed by atoms with E-state index in [1.54, 1.807) is 4.31 Å². The molecule has 0 aromatic rings. The zero-order chi connectivity index (χ0) is 16.2. The van der Waals surface area contributed by atoms with Crippen LogP contribution < -0.4 is 0 Å². The normalized spacial score (nSPS) is 24.1. The third kappa shape index (κ3) is 4.44. The number of nitrogens with zero attached hydrogens (tertiary/aromatic N) is 2. The Bertz CT molecular complexity index is 472. The van der Waals surface area contributed by atoms with Gasteiger partial charge in [-0.05, 0) is 38.5 Å². The van der Waals surface area contributed by atoms with E-state index in [1.165, 1.54) is 12.7 Å². The summed E-state index contributed by atoms with van der Waals surface area (Å²) >= 11 is 0. The first-order valence-electron chi connectivity index (χ1n) is 8.69. The van der Waals surface area contributed by atoms with E-state index >= 15 is 0 Å². The minimum absolute atomic E-state index is 0.103. The average Bonchev–Trinajstić information content (AvgIpc) is 2.99. The topological polar surface area (TPSA) is 57.7 Å². The molecule has 1 amide bonds. The highest BCUT2D eigenvalue weighted by Crippen LogP contribution is 2.26. The van der Waals surface area contributed by atoms with Crippen LogP contribution in [0.4, 0.5) is 0 Å². The lowest BCUT2D eigenvalue weighted by molar-refractivity contribution is -0.135. The highest BCUT2D eigenvalue weighted by molar-refractivity contribution is 7.88. The number of sulfonamides is 1. The molecule has 1 unspecified atom stereocenters. The average molecular weight is 330 g/mol. The molecular formula is C16H30N2O3S. The maximum absolute atomic E-state index is 12.5. The van der Waals surface area contributed by atoms with Crippen molar-refractivity contribution in [1.82, 2.24) is 9.21 Å². The molecule has 1 aliphatic carbocycles. The van der Waals surface area contributed by atoms with E-state index in [9.17, 15) is 13.2 Å². The van der Waals surface area contributed by atoms with E-state index in [0.717, 1.165) is 51.5 Å². The fourth-order valence-electron chi connectivity index (χ4n) is 3.91. The predicted molar refractivity (Wildman–Crippen MR) is 88.1 cm³/mol. The molecule has 2 fully saturated rings. The van der Waals surface area contributed by atoms with Crippen molar-refractivity contribution >= 4 is 15.9 Å². The van der Waals surface area contributed by atoms with Gasteiger partial charge in [0.05, 0.1) is 6.26 Å². The molecule has 2 rings (SSSR count). The molecule has 2 aliphatic rings. The second-order valence-electron chi connectivity index (χ2n) is 6.71. The van der Waals surface area contributed by atoms with E-state index in [0.29, 0.717) is 19.0 Å². The van der Waals surface area contributed by atoms with Crippen molar-refractivity contribution in [2.24, 2.45) is 0 Å². The van der Waals surface area contributed by atoms with Crippen LogP contribution in [0.1, 0.15) is 64.7 Å². The Kier molecular flexibility index (Phi) is 6.26. The fourth-order valence-corrected chi connectivity index (χ4v) is 5.09. The van der Waals surface area contributed by atoms with Gasteiger partial charge in [-0.15, -0.1) is 0 Å². The van der Waals surface area contributed by atoms with Crippen LogP contribution >= 0.6 is 0 Å². The molecular weight excluding hydrogens is 300 g/mol. The molecule has 0 aromatic carbocycles. The standard InChI is InChI=1S/C16H30N2O3S/c1-3-14-8-6-7-12-17(14)16(19)11-13-18(22(2,20)21)15-9-4-5-10-15/h14-15H,3-13H2,1-2H3. The molecule has 1 atom stereocenters. The van der Waals surface area contributed by atoms with Crippen molar-refractivity contribution in [1.29, 1.82) is 0 Å². The first-order valence-corrected chi connectivity index (χ1v) is 10.5. The number of carbonyl (C=O) groups is 1. The van der Waals surface area contributed by atoms with Crippen molar-refractivity contribution in [3.05, 3.63) is 0 Å². The molecule has 128 valence electrons. The summed E-state index contributed by atoms with van der Waals surface area (Å²) in [7, 11) is -3.23. The van der Waals surface area contributed by atoms with Gasteiger partial charge in [-0.25, -0.2) is 8.42 Å². The predicted octanol–water partition coefficient (Wildman–Crippen LogP) is 2.37. The van der Waals surface area contributed by atoms with Crippen LogP contribution in [-0.4, -0.2) is 55.0 Å². The molecule has 0 spiro atoms. The summed E-state index contributed by atoms with van der Waals surface area (Å²) in [5.41, 5.74) is 0. The molecule has 1 aliphatic heterocycles. The minimum Gasteiger partial charge on any atom is -0.340 e. The Morgan fingerprint density at radius 2 is 1.77 bits per heavy atom. The van der Waals surface area contributed by atoms with E-state index in [1.807, 2.05) is 4.90 Å². The van der Waals surface area contributed by atoms with Gasteiger partial charge >= 0.3 is 0 Å². The van der Waals surface area contributed by atoms with Gasteiger partial charge in [0.2, 0.25) is 15.9 Å². The van der Waals surface area contributed by atoms with E-state index in [4.69, 9.17) is 0 Å². The number of rotatable bonds is 6. The second-order valence-corrected chi connectivity index (χ2v) is 8.64. The van der Waals surface area contributed by atoms with Crippen LogP contribution in [0.2, 0.25) is 0 Å². The van der Waals surface area contributed by atoms with Crippen molar-refractivity contribution in [2.75, 3.05) is 19.3 Å². The number of likely N-dealkylation sites (tertiary alicyclic amines) is 1. The van der Waals surface area contributed by atoms with Gasteiger partial charge in [-0.1, -0.05) is 19.8 Å². The number of piperidine rings is 1.